The average molecular weight is 424 g/mol. The van der Waals surface area contributed by atoms with Gasteiger partial charge in [0.2, 0.25) is 0 Å². The van der Waals surface area contributed by atoms with Crippen LogP contribution in [0.4, 0.5) is 13.2 Å². The minimum absolute atomic E-state index is 0.0893. The summed E-state index contributed by atoms with van der Waals surface area (Å²) in [5.74, 6) is 1.00. The van der Waals surface area contributed by atoms with E-state index >= 15 is 0 Å². The molecule has 2 aliphatic heterocycles. The Morgan fingerprint density at radius 1 is 1.07 bits per heavy atom. The van der Waals surface area contributed by atoms with Crippen LogP contribution in [0, 0.1) is 0 Å². The molecule has 7 nitrogen and oxygen atoms in total. The highest BCUT2D eigenvalue weighted by Crippen LogP contribution is 2.33. The number of nitrogens with zero attached hydrogens (tertiary/aromatic N) is 4. The van der Waals surface area contributed by atoms with Crippen LogP contribution in [-0.4, -0.2) is 71.9 Å². The van der Waals surface area contributed by atoms with Crippen LogP contribution in [0.2, 0.25) is 0 Å². The number of carbonyl (C=O) groups excluding carboxylic acids is 1. The van der Waals surface area contributed by atoms with Gasteiger partial charge in [0, 0.05) is 19.5 Å². The molecule has 0 N–H and O–H groups in total. The van der Waals surface area contributed by atoms with Crippen molar-refractivity contribution >= 4 is 11.6 Å². The van der Waals surface area contributed by atoms with E-state index in [0.29, 0.717) is 49.7 Å². The molecule has 4 rings (SSSR count). The Balaban J connectivity index is 1.43. The van der Waals surface area contributed by atoms with E-state index in [1.807, 2.05) is 4.90 Å². The second-order valence-electron chi connectivity index (χ2n) is 7.52. The van der Waals surface area contributed by atoms with Crippen molar-refractivity contribution in [1.29, 1.82) is 0 Å². The number of hydrogen-bond acceptors (Lipinski definition) is 6. The normalized spacial score (nSPS) is 21.6. The zero-order valence-electron chi connectivity index (χ0n) is 16.3. The molecular formula is C20H23F3N4O3. The lowest BCUT2D eigenvalue weighted by Crippen LogP contribution is -2.41. The summed E-state index contributed by atoms with van der Waals surface area (Å²) in [6, 6.07) is 6.73. The first-order valence-corrected chi connectivity index (χ1v) is 9.87. The zero-order chi connectivity index (χ0) is 21.1. The van der Waals surface area contributed by atoms with Crippen molar-refractivity contribution in [2.75, 3.05) is 39.3 Å². The Morgan fingerprint density at radius 3 is 2.50 bits per heavy atom. The molecule has 1 atom stereocenters. The number of amides is 1. The molecule has 30 heavy (non-hydrogen) atoms. The SMILES string of the molecule is O=C(CN1CCCN(CC(F)(F)F)CC1)N1N=C(c2ccco2)CC1c1ccco1. The van der Waals surface area contributed by atoms with Gasteiger partial charge in [0.25, 0.3) is 5.91 Å². The lowest BCUT2D eigenvalue weighted by molar-refractivity contribution is -0.145. The van der Waals surface area contributed by atoms with E-state index < -0.39 is 12.7 Å². The molecule has 0 saturated carbocycles. The zero-order valence-corrected chi connectivity index (χ0v) is 16.3. The monoisotopic (exact) mass is 424 g/mol. The van der Waals surface area contributed by atoms with Crippen LogP contribution < -0.4 is 0 Å². The number of alkyl halides is 3. The minimum Gasteiger partial charge on any atom is -0.467 e. The smallest absolute Gasteiger partial charge is 0.401 e. The van der Waals surface area contributed by atoms with E-state index in [1.54, 1.807) is 36.8 Å². The van der Waals surface area contributed by atoms with E-state index in [0.717, 1.165) is 0 Å². The summed E-state index contributed by atoms with van der Waals surface area (Å²) in [6.07, 6.45) is -0.0765. The Kier molecular flexibility index (Phi) is 5.96. The first kappa shape index (κ1) is 20.7. The lowest BCUT2D eigenvalue weighted by atomic mass is 10.1. The van der Waals surface area contributed by atoms with Crippen LogP contribution in [0.3, 0.4) is 0 Å². The van der Waals surface area contributed by atoms with Gasteiger partial charge in [0.05, 0.1) is 25.6 Å². The molecule has 2 aliphatic rings. The van der Waals surface area contributed by atoms with Gasteiger partial charge in [0.15, 0.2) is 0 Å². The molecule has 162 valence electrons. The van der Waals surface area contributed by atoms with Crippen LogP contribution in [0.1, 0.15) is 30.4 Å². The molecule has 2 aromatic rings. The Bertz CT molecular complexity index is 864. The summed E-state index contributed by atoms with van der Waals surface area (Å²) < 4.78 is 48.9. The van der Waals surface area contributed by atoms with Gasteiger partial charge in [-0.25, -0.2) is 5.01 Å². The van der Waals surface area contributed by atoms with E-state index in [-0.39, 0.29) is 25.0 Å². The van der Waals surface area contributed by atoms with Crippen molar-refractivity contribution in [2.45, 2.75) is 25.1 Å². The third-order valence-electron chi connectivity index (χ3n) is 5.29. The molecule has 1 unspecified atom stereocenters. The predicted molar refractivity (Wildman–Crippen MR) is 102 cm³/mol. The molecule has 0 aliphatic carbocycles. The van der Waals surface area contributed by atoms with Crippen molar-refractivity contribution < 1.29 is 26.8 Å². The van der Waals surface area contributed by atoms with Gasteiger partial charge in [0.1, 0.15) is 23.3 Å². The van der Waals surface area contributed by atoms with Crippen LogP contribution in [0.25, 0.3) is 0 Å². The average Bonchev–Trinajstić information content (AvgIpc) is 3.42. The molecule has 1 amide bonds. The molecule has 4 heterocycles. The highest BCUT2D eigenvalue weighted by Gasteiger charge is 2.37. The van der Waals surface area contributed by atoms with E-state index in [1.165, 1.54) is 9.91 Å². The molecule has 0 radical (unpaired) electrons. The Hall–Kier alpha value is -2.59. The van der Waals surface area contributed by atoms with Crippen molar-refractivity contribution in [2.24, 2.45) is 5.10 Å². The van der Waals surface area contributed by atoms with Crippen molar-refractivity contribution in [3.05, 3.63) is 48.3 Å². The van der Waals surface area contributed by atoms with Crippen LogP contribution in [-0.2, 0) is 4.79 Å². The first-order valence-electron chi connectivity index (χ1n) is 9.87. The molecule has 0 bridgehead atoms. The van der Waals surface area contributed by atoms with E-state index in [4.69, 9.17) is 8.83 Å². The maximum Gasteiger partial charge on any atom is 0.401 e. The van der Waals surface area contributed by atoms with Crippen LogP contribution >= 0.6 is 0 Å². The summed E-state index contributed by atoms with van der Waals surface area (Å²) in [5.41, 5.74) is 0.655. The fourth-order valence-corrected chi connectivity index (χ4v) is 3.89. The minimum atomic E-state index is -4.21. The molecule has 1 fully saturated rings. The molecular weight excluding hydrogens is 401 g/mol. The fourth-order valence-electron chi connectivity index (χ4n) is 3.89. The number of carbonyl (C=O) groups is 1. The number of halogens is 3. The maximum atomic E-state index is 13.1. The number of hydrazone groups is 1. The number of furan rings is 2. The fraction of sp³-hybridized carbons (Fsp3) is 0.500. The summed E-state index contributed by atoms with van der Waals surface area (Å²) in [4.78, 5) is 16.3. The lowest BCUT2D eigenvalue weighted by Gasteiger charge is -2.25. The summed E-state index contributed by atoms with van der Waals surface area (Å²) in [7, 11) is 0. The molecule has 0 spiro atoms. The quantitative estimate of drug-likeness (QED) is 0.738. The van der Waals surface area contributed by atoms with E-state index in [9.17, 15) is 18.0 Å². The van der Waals surface area contributed by atoms with Gasteiger partial charge < -0.3 is 8.83 Å². The van der Waals surface area contributed by atoms with Gasteiger partial charge in [-0.3, -0.25) is 14.6 Å². The molecule has 2 aromatic heterocycles. The second-order valence-corrected chi connectivity index (χ2v) is 7.52. The maximum absolute atomic E-state index is 13.1. The standard InChI is InChI=1S/C20H23F3N4O3/c21-20(22,23)14-26-7-3-6-25(8-9-26)13-19(28)27-16(18-5-2-11-30-18)12-15(24-27)17-4-1-10-29-17/h1-2,4-5,10-11,16H,3,6-9,12-14H2. The van der Waals surface area contributed by atoms with Gasteiger partial charge >= 0.3 is 6.18 Å². The third kappa shape index (κ3) is 4.93. The second kappa shape index (κ2) is 8.65. The van der Waals surface area contributed by atoms with Crippen molar-refractivity contribution in [3.63, 3.8) is 0 Å². The van der Waals surface area contributed by atoms with Gasteiger partial charge in [-0.15, -0.1) is 0 Å². The van der Waals surface area contributed by atoms with Crippen molar-refractivity contribution in [1.82, 2.24) is 14.8 Å². The highest BCUT2D eigenvalue weighted by molar-refractivity contribution is 6.01. The number of rotatable bonds is 5. The van der Waals surface area contributed by atoms with Crippen molar-refractivity contribution in [3.8, 4) is 0 Å². The predicted octanol–water partition coefficient (Wildman–Crippen LogP) is 3.12. The summed E-state index contributed by atoms with van der Waals surface area (Å²) in [5, 5.41) is 5.89. The Labute approximate surface area is 171 Å². The van der Waals surface area contributed by atoms with Gasteiger partial charge in [-0.05, 0) is 43.8 Å². The molecule has 0 aromatic carbocycles. The Morgan fingerprint density at radius 2 is 1.80 bits per heavy atom. The third-order valence-corrected chi connectivity index (χ3v) is 5.29. The highest BCUT2D eigenvalue weighted by atomic mass is 19.4. The summed E-state index contributed by atoms with van der Waals surface area (Å²) >= 11 is 0. The topological polar surface area (TPSA) is 65.4 Å². The van der Waals surface area contributed by atoms with Gasteiger partial charge in [-0.2, -0.15) is 18.3 Å². The van der Waals surface area contributed by atoms with Gasteiger partial charge in [-0.1, -0.05) is 0 Å². The molecule has 10 heteroatoms. The number of hydrogen-bond donors (Lipinski definition) is 0. The van der Waals surface area contributed by atoms with E-state index in [2.05, 4.69) is 5.10 Å². The summed E-state index contributed by atoms with van der Waals surface area (Å²) in [6.45, 7) is 0.771. The first-order chi connectivity index (χ1) is 14.4. The largest absolute Gasteiger partial charge is 0.467 e. The molecule has 1 saturated heterocycles. The van der Waals surface area contributed by atoms with Crippen LogP contribution in [0.5, 0.6) is 0 Å². The van der Waals surface area contributed by atoms with Crippen LogP contribution in [0.15, 0.2) is 50.7 Å².